The maximum absolute atomic E-state index is 13.4. The fourth-order valence-electron chi connectivity index (χ4n) is 1.67. The monoisotopic (exact) mass is 326 g/mol. The zero-order valence-electron chi connectivity index (χ0n) is 11.4. The van der Waals surface area contributed by atoms with E-state index < -0.39 is 33.1 Å². The summed E-state index contributed by atoms with van der Waals surface area (Å²) >= 11 is 0. The van der Waals surface area contributed by atoms with E-state index in [1.807, 2.05) is 0 Å². The maximum Gasteiger partial charge on any atom is 0.272 e. The van der Waals surface area contributed by atoms with E-state index in [2.05, 4.69) is 0 Å². The molecule has 0 radical (unpaired) electrons. The highest BCUT2D eigenvalue weighted by Crippen LogP contribution is 2.12. The summed E-state index contributed by atoms with van der Waals surface area (Å²) in [5, 5.41) is 0. The van der Waals surface area contributed by atoms with Crippen molar-refractivity contribution in [3.05, 3.63) is 65.2 Å². The van der Waals surface area contributed by atoms with Crippen LogP contribution in [0.1, 0.15) is 15.9 Å². The standard InChI is InChI=1S/C14H12F2N2O3S/c1-9-5-7-10(8-6-9)22(20,21)18-17-14(19)13-11(15)3-2-4-12(13)16/h2-8,18H,1H3,(H,17,19). The molecule has 2 aromatic rings. The summed E-state index contributed by atoms with van der Waals surface area (Å²) in [6.45, 7) is 1.78. The first kappa shape index (κ1) is 16.1. The summed E-state index contributed by atoms with van der Waals surface area (Å²) in [7, 11) is -4.03. The molecule has 2 aromatic carbocycles. The molecule has 0 aliphatic carbocycles. The molecule has 0 aliphatic heterocycles. The van der Waals surface area contributed by atoms with E-state index >= 15 is 0 Å². The van der Waals surface area contributed by atoms with Crippen molar-refractivity contribution in [3.8, 4) is 0 Å². The normalized spacial score (nSPS) is 11.2. The van der Waals surface area contributed by atoms with Gasteiger partial charge >= 0.3 is 0 Å². The number of carbonyl (C=O) groups excluding carboxylic acids is 1. The molecular formula is C14H12F2N2O3S. The second kappa shape index (κ2) is 6.20. The predicted octanol–water partition coefficient (Wildman–Crippen LogP) is 1.90. The van der Waals surface area contributed by atoms with Crippen LogP contribution in [0.25, 0.3) is 0 Å². The third kappa shape index (κ3) is 3.46. The van der Waals surface area contributed by atoms with E-state index in [9.17, 15) is 22.0 Å². The first-order valence-corrected chi connectivity index (χ1v) is 7.62. The van der Waals surface area contributed by atoms with Crippen molar-refractivity contribution in [2.45, 2.75) is 11.8 Å². The molecule has 8 heteroatoms. The van der Waals surface area contributed by atoms with E-state index in [0.717, 1.165) is 23.8 Å². The molecule has 2 rings (SSSR count). The molecule has 0 aromatic heterocycles. The van der Waals surface area contributed by atoms with Crippen LogP contribution in [0.4, 0.5) is 8.78 Å². The molecule has 0 saturated carbocycles. The van der Waals surface area contributed by atoms with Gasteiger partial charge in [-0.3, -0.25) is 10.2 Å². The molecule has 0 spiro atoms. The summed E-state index contributed by atoms with van der Waals surface area (Å²) in [5.74, 6) is -3.41. The highest BCUT2D eigenvalue weighted by atomic mass is 32.2. The first-order chi connectivity index (χ1) is 10.3. The zero-order valence-corrected chi connectivity index (χ0v) is 12.2. The molecule has 5 nitrogen and oxygen atoms in total. The summed E-state index contributed by atoms with van der Waals surface area (Å²) in [6.07, 6.45) is 0. The average molecular weight is 326 g/mol. The molecule has 0 bridgehead atoms. The van der Waals surface area contributed by atoms with Crippen LogP contribution in [0.5, 0.6) is 0 Å². The number of benzene rings is 2. The first-order valence-electron chi connectivity index (χ1n) is 6.14. The van der Waals surface area contributed by atoms with E-state index in [1.54, 1.807) is 29.3 Å². The highest BCUT2D eigenvalue weighted by molar-refractivity contribution is 7.89. The zero-order chi connectivity index (χ0) is 16.3. The minimum atomic E-state index is -4.03. The number of hydrogen-bond acceptors (Lipinski definition) is 3. The van der Waals surface area contributed by atoms with Crippen LogP contribution in [0.2, 0.25) is 0 Å². The maximum atomic E-state index is 13.4. The van der Waals surface area contributed by atoms with Gasteiger partial charge < -0.3 is 0 Å². The van der Waals surface area contributed by atoms with Crippen LogP contribution in [0.15, 0.2) is 47.4 Å². The molecule has 1 amide bonds. The lowest BCUT2D eigenvalue weighted by Crippen LogP contribution is -2.42. The van der Waals surface area contributed by atoms with Crippen molar-refractivity contribution in [1.29, 1.82) is 0 Å². The van der Waals surface area contributed by atoms with Gasteiger partial charge in [0.25, 0.3) is 15.9 Å². The number of aryl methyl sites for hydroxylation is 1. The fraction of sp³-hybridized carbons (Fsp3) is 0.0714. The summed E-state index contributed by atoms with van der Waals surface area (Å²) in [6, 6.07) is 8.72. The predicted molar refractivity (Wildman–Crippen MR) is 75.3 cm³/mol. The number of hydrogen-bond donors (Lipinski definition) is 2. The van der Waals surface area contributed by atoms with Crippen molar-refractivity contribution in [1.82, 2.24) is 10.3 Å². The minimum Gasteiger partial charge on any atom is -0.273 e. The van der Waals surface area contributed by atoms with Gasteiger partial charge in [0.05, 0.1) is 4.90 Å². The van der Waals surface area contributed by atoms with Crippen LogP contribution in [-0.2, 0) is 10.0 Å². The quantitative estimate of drug-likeness (QED) is 0.843. The van der Waals surface area contributed by atoms with Crippen LogP contribution >= 0.6 is 0 Å². The van der Waals surface area contributed by atoms with E-state index in [4.69, 9.17) is 0 Å². The lowest BCUT2D eigenvalue weighted by molar-refractivity contribution is 0.0936. The van der Waals surface area contributed by atoms with Crippen LogP contribution in [0.3, 0.4) is 0 Å². The van der Waals surface area contributed by atoms with Gasteiger partial charge in [-0.25, -0.2) is 17.2 Å². The minimum absolute atomic E-state index is 0.0904. The molecule has 0 aliphatic rings. The number of rotatable bonds is 4. The molecule has 2 N–H and O–H groups in total. The third-order valence-corrected chi connectivity index (χ3v) is 4.08. The molecule has 0 heterocycles. The SMILES string of the molecule is Cc1ccc(S(=O)(=O)NNC(=O)c2c(F)cccc2F)cc1. The Balaban J connectivity index is 2.15. The number of carbonyl (C=O) groups is 1. The lowest BCUT2D eigenvalue weighted by atomic mass is 10.2. The number of sulfonamides is 1. The Morgan fingerprint density at radius 3 is 2.09 bits per heavy atom. The van der Waals surface area contributed by atoms with Crippen LogP contribution in [-0.4, -0.2) is 14.3 Å². The smallest absolute Gasteiger partial charge is 0.272 e. The second-order valence-corrected chi connectivity index (χ2v) is 6.15. The molecular weight excluding hydrogens is 314 g/mol. The molecule has 0 saturated heterocycles. The summed E-state index contributed by atoms with van der Waals surface area (Å²) in [5.41, 5.74) is 1.77. The van der Waals surface area contributed by atoms with Crippen molar-refractivity contribution in [2.24, 2.45) is 0 Å². The highest BCUT2D eigenvalue weighted by Gasteiger charge is 2.20. The van der Waals surface area contributed by atoms with Crippen molar-refractivity contribution < 1.29 is 22.0 Å². The van der Waals surface area contributed by atoms with Gasteiger partial charge in [-0.1, -0.05) is 23.8 Å². The molecule has 0 atom stereocenters. The molecule has 22 heavy (non-hydrogen) atoms. The van der Waals surface area contributed by atoms with Gasteiger partial charge in [0, 0.05) is 0 Å². The van der Waals surface area contributed by atoms with Crippen molar-refractivity contribution in [3.63, 3.8) is 0 Å². The van der Waals surface area contributed by atoms with E-state index in [-0.39, 0.29) is 4.90 Å². The Hall–Kier alpha value is -2.32. The average Bonchev–Trinajstić information content (AvgIpc) is 2.45. The molecule has 0 unspecified atom stereocenters. The Morgan fingerprint density at radius 2 is 1.55 bits per heavy atom. The van der Waals surface area contributed by atoms with E-state index in [0.29, 0.717) is 0 Å². The Kier molecular flexibility index (Phi) is 4.53. The van der Waals surface area contributed by atoms with Crippen molar-refractivity contribution in [2.75, 3.05) is 0 Å². The van der Waals surface area contributed by atoms with Gasteiger partial charge in [0.1, 0.15) is 17.2 Å². The Bertz CT molecular complexity index is 785. The fourth-order valence-corrected chi connectivity index (χ4v) is 2.51. The largest absolute Gasteiger partial charge is 0.273 e. The number of nitrogens with one attached hydrogen (secondary N) is 2. The Labute approximate surface area is 126 Å². The third-order valence-electron chi connectivity index (χ3n) is 2.82. The number of halogens is 2. The van der Waals surface area contributed by atoms with Gasteiger partial charge in [-0.05, 0) is 31.2 Å². The van der Waals surface area contributed by atoms with Gasteiger partial charge in [0.15, 0.2) is 0 Å². The second-order valence-electron chi connectivity index (χ2n) is 4.47. The van der Waals surface area contributed by atoms with Crippen molar-refractivity contribution >= 4 is 15.9 Å². The van der Waals surface area contributed by atoms with Gasteiger partial charge in [-0.15, -0.1) is 4.83 Å². The van der Waals surface area contributed by atoms with E-state index in [1.165, 1.54) is 12.1 Å². The van der Waals surface area contributed by atoms with Crippen LogP contribution < -0.4 is 10.3 Å². The lowest BCUT2D eigenvalue weighted by Gasteiger charge is -2.09. The Morgan fingerprint density at radius 1 is 1.00 bits per heavy atom. The molecule has 0 fully saturated rings. The topological polar surface area (TPSA) is 75.3 Å². The summed E-state index contributed by atoms with van der Waals surface area (Å²) in [4.78, 5) is 13.4. The molecule has 116 valence electrons. The van der Waals surface area contributed by atoms with Crippen LogP contribution in [0, 0.1) is 18.6 Å². The number of hydrazine groups is 1. The number of amides is 1. The summed E-state index contributed by atoms with van der Waals surface area (Å²) < 4.78 is 50.7. The van der Waals surface area contributed by atoms with Gasteiger partial charge in [0.2, 0.25) is 0 Å². The van der Waals surface area contributed by atoms with Gasteiger partial charge in [-0.2, -0.15) is 0 Å².